The van der Waals surface area contributed by atoms with Crippen molar-refractivity contribution in [1.82, 2.24) is 20.2 Å². The Morgan fingerprint density at radius 1 is 1.19 bits per heavy atom. The molecular weight excluding hydrogens is 469 g/mol. The van der Waals surface area contributed by atoms with Crippen molar-refractivity contribution < 1.29 is 0 Å². The van der Waals surface area contributed by atoms with E-state index >= 15 is 0 Å². The van der Waals surface area contributed by atoms with Gasteiger partial charge in [-0.15, -0.1) is 35.7 Å². The summed E-state index contributed by atoms with van der Waals surface area (Å²) in [5, 5.41) is 7.21. The van der Waals surface area contributed by atoms with Crippen molar-refractivity contribution in [3.8, 4) is 0 Å². The monoisotopic (exact) mass is 501 g/mol. The van der Waals surface area contributed by atoms with Crippen LogP contribution in [0.3, 0.4) is 0 Å². The lowest BCUT2D eigenvalue weighted by Gasteiger charge is -2.16. The molecule has 7 heteroatoms. The van der Waals surface area contributed by atoms with Crippen LogP contribution in [-0.2, 0) is 13.1 Å². The van der Waals surface area contributed by atoms with Crippen LogP contribution >= 0.6 is 35.7 Å². The van der Waals surface area contributed by atoms with E-state index in [0.29, 0.717) is 17.7 Å². The van der Waals surface area contributed by atoms with E-state index in [-0.39, 0.29) is 24.0 Å². The minimum Gasteiger partial charge on any atom is -0.357 e. The molecule has 1 aromatic carbocycles. The fourth-order valence-electron chi connectivity index (χ4n) is 2.56. The number of guanidine groups is 1. The third kappa shape index (κ3) is 9.01. The Morgan fingerprint density at radius 2 is 1.93 bits per heavy atom. The summed E-state index contributed by atoms with van der Waals surface area (Å²) in [5.41, 5.74) is 0. The first-order chi connectivity index (χ1) is 12.6. The molecule has 0 saturated heterocycles. The molecule has 0 aliphatic heterocycles. The molecule has 0 fully saturated rings. The Hall–Kier alpha value is -1.22. The van der Waals surface area contributed by atoms with Gasteiger partial charge in [-0.1, -0.05) is 39.0 Å². The lowest BCUT2D eigenvalue weighted by Crippen LogP contribution is -2.40. The number of imidazole rings is 1. The van der Waals surface area contributed by atoms with Crippen LogP contribution in [0.2, 0.25) is 0 Å². The number of aromatic nitrogens is 2. The Labute approximate surface area is 184 Å². The summed E-state index contributed by atoms with van der Waals surface area (Å²) < 4.78 is 2.19. The zero-order valence-corrected chi connectivity index (χ0v) is 19.8. The van der Waals surface area contributed by atoms with Crippen molar-refractivity contribution in [2.75, 3.05) is 13.1 Å². The predicted molar refractivity (Wildman–Crippen MR) is 127 cm³/mol. The number of nitrogens with one attached hydrogen (secondary N) is 2. The molecular formula is C20H32IN5S. The number of hydrogen-bond acceptors (Lipinski definition) is 3. The standard InChI is InChI=1S/C20H31N5S.HI/c1-5-21-20(23-13-17(4)26-18-9-7-6-8-10-18)24-14-19-22-11-12-25(19)15-16(2)3;/h6-12,16-17H,5,13-15H2,1-4H3,(H2,21,23,24);1H. The third-order valence-electron chi connectivity index (χ3n) is 3.72. The first kappa shape index (κ1) is 23.8. The van der Waals surface area contributed by atoms with Crippen LogP contribution in [0, 0.1) is 5.92 Å². The van der Waals surface area contributed by atoms with E-state index < -0.39 is 0 Å². The number of benzene rings is 1. The normalized spacial score (nSPS) is 12.6. The van der Waals surface area contributed by atoms with Gasteiger partial charge in [0.1, 0.15) is 12.4 Å². The smallest absolute Gasteiger partial charge is 0.191 e. The molecule has 1 atom stereocenters. The molecule has 0 spiro atoms. The van der Waals surface area contributed by atoms with E-state index in [4.69, 9.17) is 4.99 Å². The van der Waals surface area contributed by atoms with E-state index in [2.05, 4.69) is 72.1 Å². The molecule has 0 aliphatic rings. The fraction of sp³-hybridized carbons (Fsp3) is 0.500. The summed E-state index contributed by atoms with van der Waals surface area (Å²) in [6, 6.07) is 10.5. The number of thioether (sulfide) groups is 1. The summed E-state index contributed by atoms with van der Waals surface area (Å²) >= 11 is 1.87. The van der Waals surface area contributed by atoms with E-state index in [1.165, 1.54) is 4.90 Å². The summed E-state index contributed by atoms with van der Waals surface area (Å²) in [7, 11) is 0. The number of hydrogen-bond donors (Lipinski definition) is 2. The molecule has 27 heavy (non-hydrogen) atoms. The fourth-order valence-corrected chi connectivity index (χ4v) is 3.50. The molecule has 2 rings (SSSR count). The maximum Gasteiger partial charge on any atom is 0.191 e. The highest BCUT2D eigenvalue weighted by Gasteiger charge is 2.07. The molecule has 0 radical (unpaired) electrons. The van der Waals surface area contributed by atoms with Gasteiger partial charge in [-0.05, 0) is 25.0 Å². The molecule has 0 aliphatic carbocycles. The van der Waals surface area contributed by atoms with E-state index in [1.807, 2.05) is 30.2 Å². The SMILES string of the molecule is CCNC(=NCc1nccn1CC(C)C)NCC(C)Sc1ccccc1.I. The summed E-state index contributed by atoms with van der Waals surface area (Å²) in [6.07, 6.45) is 3.88. The van der Waals surface area contributed by atoms with Crippen molar-refractivity contribution in [3.05, 3.63) is 48.5 Å². The Balaban J connectivity index is 0.00000364. The van der Waals surface area contributed by atoms with Gasteiger partial charge < -0.3 is 15.2 Å². The van der Waals surface area contributed by atoms with Crippen LogP contribution in [0.15, 0.2) is 52.6 Å². The quantitative estimate of drug-likeness (QED) is 0.232. The van der Waals surface area contributed by atoms with E-state index in [9.17, 15) is 0 Å². The lowest BCUT2D eigenvalue weighted by atomic mass is 10.2. The van der Waals surface area contributed by atoms with E-state index in [0.717, 1.165) is 31.4 Å². The zero-order valence-electron chi connectivity index (χ0n) is 16.7. The molecule has 5 nitrogen and oxygen atoms in total. The average Bonchev–Trinajstić information content (AvgIpc) is 3.04. The van der Waals surface area contributed by atoms with Gasteiger partial charge in [0.15, 0.2) is 5.96 Å². The van der Waals surface area contributed by atoms with Gasteiger partial charge in [0.2, 0.25) is 0 Å². The predicted octanol–water partition coefficient (Wildman–Crippen LogP) is 4.39. The van der Waals surface area contributed by atoms with Crippen LogP contribution in [0.1, 0.15) is 33.5 Å². The van der Waals surface area contributed by atoms with Crippen molar-refractivity contribution in [3.63, 3.8) is 0 Å². The summed E-state index contributed by atoms with van der Waals surface area (Å²) in [6.45, 7) is 12.0. The Kier molecular flexibility index (Phi) is 11.5. The summed E-state index contributed by atoms with van der Waals surface area (Å²) in [4.78, 5) is 10.4. The van der Waals surface area contributed by atoms with Gasteiger partial charge in [0.25, 0.3) is 0 Å². The van der Waals surface area contributed by atoms with Gasteiger partial charge in [0.05, 0.1) is 0 Å². The largest absolute Gasteiger partial charge is 0.357 e. The van der Waals surface area contributed by atoms with E-state index in [1.54, 1.807) is 0 Å². The second-order valence-electron chi connectivity index (χ2n) is 6.71. The molecule has 2 N–H and O–H groups in total. The lowest BCUT2D eigenvalue weighted by molar-refractivity contribution is 0.507. The summed E-state index contributed by atoms with van der Waals surface area (Å²) in [5.74, 6) is 2.43. The number of aliphatic imine (C=N–C) groups is 1. The van der Waals surface area contributed by atoms with Crippen LogP contribution in [0.5, 0.6) is 0 Å². The maximum atomic E-state index is 4.70. The highest BCUT2D eigenvalue weighted by molar-refractivity contribution is 14.0. The van der Waals surface area contributed by atoms with Gasteiger partial charge >= 0.3 is 0 Å². The molecule has 0 bridgehead atoms. The second-order valence-corrected chi connectivity index (χ2v) is 8.22. The Bertz CT molecular complexity index is 672. The zero-order chi connectivity index (χ0) is 18.8. The molecule has 1 unspecified atom stereocenters. The van der Waals surface area contributed by atoms with Crippen LogP contribution in [-0.4, -0.2) is 33.9 Å². The molecule has 1 heterocycles. The highest BCUT2D eigenvalue weighted by atomic mass is 127. The van der Waals surface area contributed by atoms with Gasteiger partial charge in [-0.2, -0.15) is 0 Å². The Morgan fingerprint density at radius 3 is 2.59 bits per heavy atom. The molecule has 150 valence electrons. The van der Waals surface area contributed by atoms with Crippen molar-refractivity contribution in [1.29, 1.82) is 0 Å². The van der Waals surface area contributed by atoms with Crippen molar-refractivity contribution in [2.24, 2.45) is 10.9 Å². The first-order valence-corrected chi connectivity index (χ1v) is 10.2. The van der Waals surface area contributed by atoms with Crippen LogP contribution in [0.25, 0.3) is 0 Å². The van der Waals surface area contributed by atoms with Gasteiger partial charge in [-0.25, -0.2) is 9.98 Å². The second kappa shape index (κ2) is 13.0. The van der Waals surface area contributed by atoms with Crippen molar-refractivity contribution in [2.45, 2.75) is 50.9 Å². The van der Waals surface area contributed by atoms with Gasteiger partial charge in [-0.3, -0.25) is 0 Å². The average molecular weight is 501 g/mol. The maximum absolute atomic E-state index is 4.70. The highest BCUT2D eigenvalue weighted by Crippen LogP contribution is 2.21. The first-order valence-electron chi connectivity index (χ1n) is 9.32. The number of rotatable bonds is 9. The van der Waals surface area contributed by atoms with Crippen molar-refractivity contribution >= 4 is 41.7 Å². The van der Waals surface area contributed by atoms with Crippen LogP contribution in [0.4, 0.5) is 0 Å². The third-order valence-corrected chi connectivity index (χ3v) is 4.84. The van der Waals surface area contributed by atoms with Gasteiger partial charge in [0, 0.05) is 42.2 Å². The topological polar surface area (TPSA) is 54.2 Å². The number of halogens is 1. The number of nitrogens with zero attached hydrogens (tertiary/aromatic N) is 3. The molecule has 0 saturated carbocycles. The molecule has 2 aromatic rings. The van der Waals surface area contributed by atoms with Crippen LogP contribution < -0.4 is 10.6 Å². The molecule has 0 amide bonds. The minimum atomic E-state index is 0. The minimum absolute atomic E-state index is 0. The molecule has 1 aromatic heterocycles.